The molecule has 0 spiro atoms. The Kier molecular flexibility index (Phi) is 3.65. The molecule has 0 aliphatic carbocycles. The number of hydrogen-bond acceptors (Lipinski definition) is 4. The van der Waals surface area contributed by atoms with Crippen LogP contribution in [0.25, 0.3) is 21.9 Å². The van der Waals surface area contributed by atoms with Gasteiger partial charge in [-0.05, 0) is 23.8 Å². The van der Waals surface area contributed by atoms with Gasteiger partial charge in [0.2, 0.25) is 0 Å². The second kappa shape index (κ2) is 5.59. The molecule has 2 aromatic carbocycles. The van der Waals surface area contributed by atoms with Crippen LogP contribution in [0.5, 0.6) is 0 Å². The van der Waals surface area contributed by atoms with Crippen LogP contribution in [0.4, 0.5) is 0 Å². The summed E-state index contributed by atoms with van der Waals surface area (Å²) >= 11 is 1.55. The Hall–Kier alpha value is -1.94. The summed E-state index contributed by atoms with van der Waals surface area (Å²) in [6.45, 7) is 0. The number of rotatable bonds is 4. The van der Waals surface area contributed by atoms with E-state index < -0.39 is 0 Å². The van der Waals surface area contributed by atoms with Crippen molar-refractivity contribution in [3.8, 4) is 0 Å². The fourth-order valence-corrected chi connectivity index (χ4v) is 2.98. The van der Waals surface area contributed by atoms with Crippen LogP contribution >= 0.6 is 11.8 Å². The summed E-state index contributed by atoms with van der Waals surface area (Å²) in [6.07, 6.45) is 0. The minimum absolute atomic E-state index is 0.190. The number of hydrogen-bond donors (Lipinski definition) is 0. The summed E-state index contributed by atoms with van der Waals surface area (Å²) in [4.78, 5) is 11.1. The van der Waals surface area contributed by atoms with Gasteiger partial charge in [-0.15, -0.1) is 11.8 Å². The fraction of sp³-hybridized carbons (Fsp3) is 0.188. The second-order valence-electron chi connectivity index (χ2n) is 4.50. The first-order valence-electron chi connectivity index (χ1n) is 6.32. The van der Waals surface area contributed by atoms with Gasteiger partial charge in [0.15, 0.2) is 0 Å². The summed E-state index contributed by atoms with van der Waals surface area (Å²) in [7, 11) is 1.41. The summed E-state index contributed by atoms with van der Waals surface area (Å²) in [5.41, 5.74) is 2.98. The van der Waals surface area contributed by atoms with Crippen LogP contribution in [0.3, 0.4) is 0 Å². The Morgan fingerprint density at radius 1 is 1.15 bits per heavy atom. The van der Waals surface area contributed by atoms with Gasteiger partial charge in [-0.1, -0.05) is 24.3 Å². The van der Waals surface area contributed by atoms with Crippen LogP contribution < -0.4 is 0 Å². The molecule has 0 aliphatic heterocycles. The maximum Gasteiger partial charge on any atom is 0.315 e. The lowest BCUT2D eigenvalue weighted by Crippen LogP contribution is -2.03. The molecule has 20 heavy (non-hydrogen) atoms. The number of furan rings is 1. The maximum absolute atomic E-state index is 11.1. The van der Waals surface area contributed by atoms with E-state index in [2.05, 4.69) is 16.9 Å². The van der Waals surface area contributed by atoms with Crippen LogP contribution in [0.2, 0.25) is 0 Å². The SMILES string of the molecule is COC(=O)CSCc1ccc2oc3ccccc3c2c1. The second-order valence-corrected chi connectivity index (χ2v) is 5.48. The molecule has 0 aliphatic rings. The molecule has 0 bridgehead atoms. The number of ether oxygens (including phenoxy) is 1. The highest BCUT2D eigenvalue weighted by atomic mass is 32.2. The minimum Gasteiger partial charge on any atom is -0.468 e. The first-order chi connectivity index (χ1) is 9.78. The van der Waals surface area contributed by atoms with Gasteiger partial charge in [-0.3, -0.25) is 4.79 Å². The number of para-hydroxylation sites is 1. The van der Waals surface area contributed by atoms with Crippen LogP contribution in [-0.2, 0) is 15.3 Å². The first kappa shape index (κ1) is 13.1. The number of benzene rings is 2. The lowest BCUT2D eigenvalue weighted by Gasteiger charge is -2.01. The van der Waals surface area contributed by atoms with E-state index in [1.165, 1.54) is 12.7 Å². The van der Waals surface area contributed by atoms with Gasteiger partial charge in [0.05, 0.1) is 12.9 Å². The Morgan fingerprint density at radius 2 is 1.95 bits per heavy atom. The largest absolute Gasteiger partial charge is 0.468 e. The Labute approximate surface area is 120 Å². The first-order valence-corrected chi connectivity index (χ1v) is 7.48. The minimum atomic E-state index is -0.190. The maximum atomic E-state index is 11.1. The van der Waals surface area contributed by atoms with Crippen molar-refractivity contribution in [1.29, 1.82) is 0 Å². The van der Waals surface area contributed by atoms with E-state index in [4.69, 9.17) is 4.42 Å². The number of carbonyl (C=O) groups excluding carboxylic acids is 1. The van der Waals surface area contributed by atoms with Crippen molar-refractivity contribution >= 4 is 39.7 Å². The fourth-order valence-electron chi connectivity index (χ4n) is 2.17. The molecule has 0 radical (unpaired) electrons. The highest BCUT2D eigenvalue weighted by molar-refractivity contribution is 7.99. The van der Waals surface area contributed by atoms with E-state index in [9.17, 15) is 4.79 Å². The van der Waals surface area contributed by atoms with E-state index in [1.54, 1.807) is 11.8 Å². The molecule has 102 valence electrons. The zero-order chi connectivity index (χ0) is 13.9. The Balaban J connectivity index is 1.86. The molecule has 4 heteroatoms. The molecule has 0 atom stereocenters. The zero-order valence-electron chi connectivity index (χ0n) is 11.1. The topological polar surface area (TPSA) is 39.4 Å². The Morgan fingerprint density at radius 3 is 2.80 bits per heavy atom. The molecule has 0 N–H and O–H groups in total. The lowest BCUT2D eigenvalue weighted by molar-refractivity contribution is -0.137. The zero-order valence-corrected chi connectivity index (χ0v) is 11.9. The van der Waals surface area contributed by atoms with E-state index in [-0.39, 0.29) is 5.97 Å². The molecule has 1 heterocycles. The third-order valence-corrected chi connectivity index (χ3v) is 4.13. The van der Waals surface area contributed by atoms with Gasteiger partial charge >= 0.3 is 5.97 Å². The number of methoxy groups -OCH3 is 1. The van der Waals surface area contributed by atoms with Crippen molar-refractivity contribution in [2.75, 3.05) is 12.9 Å². The van der Waals surface area contributed by atoms with Gasteiger partial charge in [-0.25, -0.2) is 0 Å². The third-order valence-electron chi connectivity index (χ3n) is 3.16. The smallest absolute Gasteiger partial charge is 0.315 e. The summed E-state index contributed by atoms with van der Waals surface area (Å²) in [6, 6.07) is 14.2. The summed E-state index contributed by atoms with van der Waals surface area (Å²) in [5.74, 6) is 0.968. The van der Waals surface area contributed by atoms with Gasteiger partial charge in [0.1, 0.15) is 11.2 Å². The predicted octanol–water partition coefficient (Wildman–Crippen LogP) is 3.99. The molecular formula is C16H14O3S. The predicted molar refractivity (Wildman–Crippen MR) is 81.9 cm³/mol. The summed E-state index contributed by atoms with van der Waals surface area (Å²) < 4.78 is 10.4. The van der Waals surface area contributed by atoms with Gasteiger partial charge < -0.3 is 9.15 Å². The number of esters is 1. The van der Waals surface area contributed by atoms with Crippen LogP contribution in [0.15, 0.2) is 46.9 Å². The molecule has 3 rings (SSSR count). The average Bonchev–Trinajstić information content (AvgIpc) is 2.85. The lowest BCUT2D eigenvalue weighted by atomic mass is 10.1. The molecule has 0 saturated heterocycles. The molecular weight excluding hydrogens is 272 g/mol. The molecule has 1 aromatic heterocycles. The number of fused-ring (bicyclic) bond motifs is 3. The van der Waals surface area contributed by atoms with Crippen molar-refractivity contribution in [2.24, 2.45) is 0 Å². The normalized spacial score (nSPS) is 11.1. The van der Waals surface area contributed by atoms with Crippen molar-refractivity contribution < 1.29 is 13.9 Å². The molecule has 3 aromatic rings. The van der Waals surface area contributed by atoms with E-state index in [0.717, 1.165) is 27.7 Å². The highest BCUT2D eigenvalue weighted by Crippen LogP contribution is 2.29. The third kappa shape index (κ3) is 2.51. The highest BCUT2D eigenvalue weighted by Gasteiger charge is 2.07. The molecule has 0 amide bonds. The van der Waals surface area contributed by atoms with Crippen molar-refractivity contribution in [1.82, 2.24) is 0 Å². The van der Waals surface area contributed by atoms with Crippen molar-refractivity contribution in [3.63, 3.8) is 0 Å². The standard InChI is InChI=1S/C16H14O3S/c1-18-16(17)10-20-9-11-6-7-15-13(8-11)12-4-2-3-5-14(12)19-15/h2-8H,9-10H2,1H3. The van der Waals surface area contributed by atoms with E-state index in [0.29, 0.717) is 5.75 Å². The van der Waals surface area contributed by atoms with Crippen molar-refractivity contribution in [2.45, 2.75) is 5.75 Å². The van der Waals surface area contributed by atoms with E-state index in [1.807, 2.05) is 30.3 Å². The van der Waals surface area contributed by atoms with E-state index >= 15 is 0 Å². The molecule has 0 fully saturated rings. The van der Waals surface area contributed by atoms with Crippen LogP contribution in [-0.4, -0.2) is 18.8 Å². The molecule has 3 nitrogen and oxygen atoms in total. The monoisotopic (exact) mass is 286 g/mol. The molecule has 0 saturated carbocycles. The van der Waals surface area contributed by atoms with Gasteiger partial charge in [0.25, 0.3) is 0 Å². The Bertz CT molecular complexity index is 761. The summed E-state index contributed by atoms with van der Waals surface area (Å²) in [5, 5.41) is 2.25. The average molecular weight is 286 g/mol. The number of thioether (sulfide) groups is 1. The van der Waals surface area contributed by atoms with Crippen LogP contribution in [0, 0.1) is 0 Å². The number of carbonyl (C=O) groups is 1. The van der Waals surface area contributed by atoms with Crippen molar-refractivity contribution in [3.05, 3.63) is 48.0 Å². The van der Waals surface area contributed by atoms with Gasteiger partial charge in [0, 0.05) is 16.5 Å². The van der Waals surface area contributed by atoms with Gasteiger partial charge in [-0.2, -0.15) is 0 Å². The van der Waals surface area contributed by atoms with Crippen LogP contribution in [0.1, 0.15) is 5.56 Å². The quantitative estimate of drug-likeness (QED) is 0.680. The molecule has 0 unspecified atom stereocenters.